The van der Waals surface area contributed by atoms with E-state index in [4.69, 9.17) is 23.2 Å². The Morgan fingerprint density at radius 1 is 1.17 bits per heavy atom. The van der Waals surface area contributed by atoms with Crippen molar-refractivity contribution in [3.8, 4) is 0 Å². The molecule has 0 bridgehead atoms. The second-order valence-electron chi connectivity index (χ2n) is 6.89. The number of nitrogens with one attached hydrogen (secondary N) is 2. The van der Waals surface area contributed by atoms with Crippen molar-refractivity contribution in [3.63, 3.8) is 0 Å². The number of anilines is 3. The molecule has 2 aliphatic rings. The number of hydrogen-bond acceptors (Lipinski definition) is 3. The average Bonchev–Trinajstić information content (AvgIpc) is 2.98. The van der Waals surface area contributed by atoms with E-state index >= 15 is 0 Å². The molecule has 0 aromatic heterocycles. The first kappa shape index (κ1) is 16.1. The number of hydrogen-bond donors (Lipinski definition) is 2. The average molecular weight is 362 g/mol. The third-order valence-corrected chi connectivity index (χ3v) is 5.72. The third kappa shape index (κ3) is 2.75. The van der Waals surface area contributed by atoms with Crippen molar-refractivity contribution in [1.29, 1.82) is 0 Å². The lowest BCUT2D eigenvalue weighted by Crippen LogP contribution is -2.35. The van der Waals surface area contributed by atoms with E-state index < -0.39 is 0 Å². The fraction of sp³-hybridized carbons (Fsp3) is 0.368. The van der Waals surface area contributed by atoms with Crippen molar-refractivity contribution < 1.29 is 0 Å². The summed E-state index contributed by atoms with van der Waals surface area (Å²) in [6.45, 7) is 5.48. The first-order chi connectivity index (χ1) is 11.5. The van der Waals surface area contributed by atoms with E-state index in [-0.39, 0.29) is 0 Å². The van der Waals surface area contributed by atoms with Gasteiger partial charge in [-0.2, -0.15) is 0 Å². The topological polar surface area (TPSA) is 27.3 Å². The highest BCUT2D eigenvalue weighted by molar-refractivity contribution is 6.36. The molecule has 0 saturated carbocycles. The molecule has 0 aliphatic carbocycles. The molecule has 2 aromatic carbocycles. The molecule has 0 spiro atoms. The van der Waals surface area contributed by atoms with Gasteiger partial charge in [0.05, 0.1) is 10.7 Å². The van der Waals surface area contributed by atoms with Crippen LogP contribution in [0.1, 0.15) is 17.0 Å². The van der Waals surface area contributed by atoms with Crippen LogP contribution < -0.4 is 15.5 Å². The second kappa shape index (κ2) is 6.14. The normalized spacial score (nSPS) is 22.2. The minimum atomic E-state index is 0.595. The zero-order valence-corrected chi connectivity index (χ0v) is 15.4. The lowest BCUT2D eigenvalue weighted by molar-refractivity contribution is 0.496. The van der Waals surface area contributed by atoms with Crippen LogP contribution in [0.15, 0.2) is 30.3 Å². The van der Waals surface area contributed by atoms with Gasteiger partial charge in [-0.05, 0) is 54.3 Å². The van der Waals surface area contributed by atoms with Gasteiger partial charge in [0.1, 0.15) is 0 Å². The van der Waals surface area contributed by atoms with Gasteiger partial charge in [-0.1, -0.05) is 23.2 Å². The highest BCUT2D eigenvalue weighted by atomic mass is 35.5. The molecule has 1 saturated heterocycles. The standard InChI is InChI=1S/C19H21Cl2N3/c1-11-5-14(23-18-4-3-13(20)6-17(18)21)7-15-16-9-22-8-12(16)10-24(2)19(11)15/h3-7,12,16,22-23H,8-10H2,1-2H3. The lowest BCUT2D eigenvalue weighted by atomic mass is 9.82. The van der Waals surface area contributed by atoms with Crippen molar-refractivity contribution in [2.45, 2.75) is 12.8 Å². The summed E-state index contributed by atoms with van der Waals surface area (Å²) in [6.07, 6.45) is 0. The third-order valence-electron chi connectivity index (χ3n) is 5.17. The van der Waals surface area contributed by atoms with Gasteiger partial charge in [0.25, 0.3) is 0 Å². The van der Waals surface area contributed by atoms with Crippen LogP contribution in [0.5, 0.6) is 0 Å². The van der Waals surface area contributed by atoms with Crippen molar-refractivity contribution in [1.82, 2.24) is 5.32 Å². The van der Waals surface area contributed by atoms with Crippen LogP contribution in [0.4, 0.5) is 17.1 Å². The zero-order valence-electron chi connectivity index (χ0n) is 13.9. The molecular weight excluding hydrogens is 341 g/mol. The van der Waals surface area contributed by atoms with Gasteiger partial charge in [0.2, 0.25) is 0 Å². The highest BCUT2D eigenvalue weighted by Gasteiger charge is 2.36. The summed E-state index contributed by atoms with van der Waals surface area (Å²) < 4.78 is 0. The van der Waals surface area contributed by atoms with E-state index in [1.54, 1.807) is 6.07 Å². The molecule has 3 nitrogen and oxygen atoms in total. The Kier molecular flexibility index (Phi) is 4.11. The van der Waals surface area contributed by atoms with Crippen LogP contribution in [-0.4, -0.2) is 26.7 Å². The second-order valence-corrected chi connectivity index (χ2v) is 7.73. The molecule has 2 aliphatic heterocycles. The van der Waals surface area contributed by atoms with Gasteiger partial charge in [-0.15, -0.1) is 0 Å². The van der Waals surface area contributed by atoms with E-state index in [1.807, 2.05) is 12.1 Å². The van der Waals surface area contributed by atoms with Gasteiger partial charge >= 0.3 is 0 Å². The van der Waals surface area contributed by atoms with E-state index in [0.717, 1.165) is 31.0 Å². The van der Waals surface area contributed by atoms with Crippen molar-refractivity contribution in [2.24, 2.45) is 5.92 Å². The van der Waals surface area contributed by atoms with Crippen LogP contribution >= 0.6 is 23.2 Å². The summed E-state index contributed by atoms with van der Waals surface area (Å²) in [6, 6.07) is 10.0. The zero-order chi connectivity index (χ0) is 16.8. The number of halogens is 2. The van der Waals surface area contributed by atoms with Crippen molar-refractivity contribution in [2.75, 3.05) is 36.9 Å². The van der Waals surface area contributed by atoms with E-state index in [2.05, 4.69) is 41.6 Å². The molecule has 2 N–H and O–H groups in total. The van der Waals surface area contributed by atoms with Gasteiger partial charge < -0.3 is 15.5 Å². The molecule has 0 amide bonds. The number of nitrogens with zero attached hydrogens (tertiary/aromatic N) is 1. The molecule has 126 valence electrons. The van der Waals surface area contributed by atoms with Crippen LogP contribution in [0, 0.1) is 12.8 Å². The maximum absolute atomic E-state index is 6.31. The van der Waals surface area contributed by atoms with E-state index in [0.29, 0.717) is 21.9 Å². The Hall–Kier alpha value is -1.42. The Balaban J connectivity index is 1.73. The SMILES string of the molecule is Cc1cc(Nc2ccc(Cl)cc2Cl)cc2c1N(C)CC1CNCC21. The molecule has 4 rings (SSSR count). The summed E-state index contributed by atoms with van der Waals surface area (Å²) in [5.74, 6) is 1.29. The van der Waals surface area contributed by atoms with Crippen molar-refractivity contribution in [3.05, 3.63) is 51.5 Å². The minimum absolute atomic E-state index is 0.595. The molecule has 24 heavy (non-hydrogen) atoms. The van der Waals surface area contributed by atoms with Crippen LogP contribution in [0.3, 0.4) is 0 Å². The predicted molar refractivity (Wildman–Crippen MR) is 103 cm³/mol. The van der Waals surface area contributed by atoms with Gasteiger partial charge in [0, 0.05) is 49.0 Å². The number of benzene rings is 2. The first-order valence-corrected chi connectivity index (χ1v) is 9.07. The number of rotatable bonds is 2. The van der Waals surface area contributed by atoms with E-state index in [9.17, 15) is 0 Å². The maximum atomic E-state index is 6.31. The van der Waals surface area contributed by atoms with E-state index in [1.165, 1.54) is 16.8 Å². The Labute approximate surface area is 152 Å². The Morgan fingerprint density at radius 2 is 2.00 bits per heavy atom. The van der Waals surface area contributed by atoms with Crippen LogP contribution in [0.25, 0.3) is 0 Å². The van der Waals surface area contributed by atoms with Crippen molar-refractivity contribution >= 4 is 40.3 Å². The number of fused-ring (bicyclic) bond motifs is 3. The summed E-state index contributed by atoms with van der Waals surface area (Å²) in [5, 5.41) is 8.28. The Bertz CT molecular complexity index is 790. The van der Waals surface area contributed by atoms with Gasteiger partial charge in [0.15, 0.2) is 0 Å². The molecule has 2 heterocycles. The van der Waals surface area contributed by atoms with Gasteiger partial charge in [-0.3, -0.25) is 0 Å². The smallest absolute Gasteiger partial charge is 0.0655 e. The molecule has 5 heteroatoms. The van der Waals surface area contributed by atoms with Gasteiger partial charge in [-0.25, -0.2) is 0 Å². The molecule has 2 unspecified atom stereocenters. The summed E-state index contributed by atoms with van der Waals surface area (Å²) >= 11 is 12.3. The monoisotopic (exact) mass is 361 g/mol. The summed E-state index contributed by atoms with van der Waals surface area (Å²) in [4.78, 5) is 2.40. The molecule has 2 aromatic rings. The minimum Gasteiger partial charge on any atom is -0.374 e. The Morgan fingerprint density at radius 3 is 2.79 bits per heavy atom. The lowest BCUT2D eigenvalue weighted by Gasteiger charge is -2.37. The molecule has 0 radical (unpaired) electrons. The fourth-order valence-corrected chi connectivity index (χ4v) is 4.62. The van der Waals surface area contributed by atoms with Crippen LogP contribution in [-0.2, 0) is 0 Å². The predicted octanol–water partition coefficient (Wildman–Crippen LogP) is 4.80. The highest BCUT2D eigenvalue weighted by Crippen LogP contribution is 2.43. The largest absolute Gasteiger partial charge is 0.374 e. The fourth-order valence-electron chi connectivity index (χ4n) is 4.16. The first-order valence-electron chi connectivity index (χ1n) is 8.31. The molecular formula is C19H21Cl2N3. The number of aryl methyl sites for hydroxylation is 1. The summed E-state index contributed by atoms with van der Waals surface area (Å²) in [7, 11) is 2.20. The quantitative estimate of drug-likeness (QED) is 0.804. The summed E-state index contributed by atoms with van der Waals surface area (Å²) in [5.41, 5.74) is 6.08. The molecule has 2 atom stereocenters. The molecule has 1 fully saturated rings. The van der Waals surface area contributed by atoms with Crippen LogP contribution in [0.2, 0.25) is 10.0 Å². The maximum Gasteiger partial charge on any atom is 0.0655 e.